The van der Waals surface area contributed by atoms with Gasteiger partial charge >= 0.3 is 0 Å². The predicted octanol–water partition coefficient (Wildman–Crippen LogP) is 2.95. The zero-order valence-corrected chi connectivity index (χ0v) is 19.4. The lowest BCUT2D eigenvalue weighted by Crippen LogP contribution is -2.51. The molecule has 0 radical (unpaired) electrons. The third kappa shape index (κ3) is 3.57. The molecule has 6 heterocycles. The van der Waals surface area contributed by atoms with Gasteiger partial charge in [0.2, 0.25) is 0 Å². The smallest absolute Gasteiger partial charge is 0.165 e. The number of nitrogens with zero attached hydrogens (tertiary/aromatic N) is 4. The summed E-state index contributed by atoms with van der Waals surface area (Å²) >= 11 is 1.74. The van der Waals surface area contributed by atoms with Crippen LogP contribution in [-0.4, -0.2) is 78.1 Å². The number of hydrogen-bond acceptors (Lipinski definition) is 8. The lowest BCUT2D eigenvalue weighted by Gasteiger charge is -2.30. The highest BCUT2D eigenvalue weighted by molar-refractivity contribution is 7.19. The van der Waals surface area contributed by atoms with E-state index < -0.39 is 0 Å². The molecule has 0 amide bonds. The Kier molecular flexibility index (Phi) is 5.02. The molecule has 10 heteroatoms. The van der Waals surface area contributed by atoms with Crippen LogP contribution in [0.1, 0.15) is 4.88 Å². The minimum atomic E-state index is -0.314. The molecule has 0 spiro atoms. The second-order valence-electron chi connectivity index (χ2n) is 9.14. The molecule has 2 bridgehead atoms. The van der Waals surface area contributed by atoms with Gasteiger partial charge in [0.15, 0.2) is 11.6 Å². The van der Waals surface area contributed by atoms with Crippen molar-refractivity contribution in [1.29, 1.82) is 0 Å². The van der Waals surface area contributed by atoms with Gasteiger partial charge < -0.3 is 19.4 Å². The van der Waals surface area contributed by atoms with Crippen LogP contribution in [0.3, 0.4) is 0 Å². The van der Waals surface area contributed by atoms with E-state index in [0.717, 1.165) is 66.3 Å². The maximum Gasteiger partial charge on any atom is 0.165 e. The molecule has 3 fully saturated rings. The number of H-pyrrole nitrogens is 1. The summed E-state index contributed by atoms with van der Waals surface area (Å²) in [6, 6.07) is 7.66. The number of rotatable bonds is 4. The van der Waals surface area contributed by atoms with E-state index in [2.05, 4.69) is 26.2 Å². The van der Waals surface area contributed by atoms with E-state index in [-0.39, 0.29) is 12.0 Å². The lowest BCUT2D eigenvalue weighted by atomic mass is 10.1. The lowest BCUT2D eigenvalue weighted by molar-refractivity contribution is 0.0668. The standard InChI is InChI=1S/C24H25FN6O2S/c25-17-1-2-18-16(3-4-26-18)21(17)23-28-19-9-15(11-30-10-14-13-33-20(12-30)27-14)34-22(19)24(29-23)31-5-7-32-8-6-31/h1-4,9,14,20,26-27H,5-8,10-13H2. The van der Waals surface area contributed by atoms with Crippen molar-refractivity contribution in [3.05, 3.63) is 41.2 Å². The molecule has 3 saturated heterocycles. The zero-order chi connectivity index (χ0) is 22.6. The van der Waals surface area contributed by atoms with E-state index in [1.807, 2.05) is 12.3 Å². The van der Waals surface area contributed by atoms with Crippen molar-refractivity contribution in [2.75, 3.05) is 50.9 Å². The summed E-state index contributed by atoms with van der Waals surface area (Å²) in [5.74, 6) is 0.982. The maximum absolute atomic E-state index is 15.1. The number of aromatic nitrogens is 3. The Labute approximate surface area is 199 Å². The quantitative estimate of drug-likeness (QED) is 0.465. The Morgan fingerprint density at radius 2 is 2.06 bits per heavy atom. The number of ether oxygens (including phenoxy) is 2. The van der Waals surface area contributed by atoms with Gasteiger partial charge in [0.25, 0.3) is 0 Å². The summed E-state index contributed by atoms with van der Waals surface area (Å²) in [7, 11) is 0. The average Bonchev–Trinajstić information content (AvgIpc) is 3.57. The van der Waals surface area contributed by atoms with Crippen molar-refractivity contribution in [3.8, 4) is 11.4 Å². The summed E-state index contributed by atoms with van der Waals surface area (Å²) in [5.41, 5.74) is 2.18. The van der Waals surface area contributed by atoms with E-state index in [1.165, 1.54) is 10.9 Å². The van der Waals surface area contributed by atoms with Gasteiger partial charge in [-0.05, 0) is 24.3 Å². The molecule has 2 unspecified atom stereocenters. The molecule has 7 rings (SSSR count). The van der Waals surface area contributed by atoms with Crippen LogP contribution in [0.5, 0.6) is 0 Å². The van der Waals surface area contributed by atoms with Crippen molar-refractivity contribution in [2.24, 2.45) is 0 Å². The van der Waals surface area contributed by atoms with Crippen LogP contribution in [0.25, 0.3) is 32.5 Å². The second kappa shape index (κ2) is 8.24. The van der Waals surface area contributed by atoms with E-state index in [1.54, 1.807) is 17.4 Å². The Hall–Kier alpha value is -2.63. The van der Waals surface area contributed by atoms with Crippen LogP contribution in [0.4, 0.5) is 10.2 Å². The van der Waals surface area contributed by atoms with Crippen molar-refractivity contribution in [1.82, 2.24) is 25.2 Å². The van der Waals surface area contributed by atoms with Gasteiger partial charge in [0, 0.05) is 60.7 Å². The third-order valence-corrected chi connectivity index (χ3v) is 7.93. The molecule has 4 aromatic rings. The van der Waals surface area contributed by atoms with Crippen LogP contribution in [0.2, 0.25) is 0 Å². The van der Waals surface area contributed by atoms with Gasteiger partial charge in [-0.1, -0.05) is 0 Å². The SMILES string of the molecule is Fc1ccc2[nH]ccc2c1-c1nc(N2CCOCC2)c2sc(CN3CC4COC(C3)N4)cc2n1. The molecule has 2 N–H and O–H groups in total. The van der Waals surface area contributed by atoms with E-state index in [0.29, 0.717) is 30.6 Å². The van der Waals surface area contributed by atoms with Crippen molar-refractivity contribution >= 4 is 38.3 Å². The molecule has 1 aromatic carbocycles. The third-order valence-electron chi connectivity index (χ3n) is 6.82. The summed E-state index contributed by atoms with van der Waals surface area (Å²) in [5, 5.41) is 4.28. The minimum absolute atomic E-state index is 0.119. The summed E-state index contributed by atoms with van der Waals surface area (Å²) in [4.78, 5) is 18.9. The highest BCUT2D eigenvalue weighted by atomic mass is 32.1. The van der Waals surface area contributed by atoms with Gasteiger partial charge in [-0.15, -0.1) is 11.3 Å². The van der Waals surface area contributed by atoms with Crippen LogP contribution >= 0.6 is 11.3 Å². The van der Waals surface area contributed by atoms with Crippen LogP contribution in [-0.2, 0) is 16.0 Å². The highest BCUT2D eigenvalue weighted by Gasteiger charge is 2.33. The first-order valence-electron chi connectivity index (χ1n) is 11.7. The first-order chi connectivity index (χ1) is 16.7. The Morgan fingerprint density at radius 3 is 2.94 bits per heavy atom. The van der Waals surface area contributed by atoms with E-state index in [4.69, 9.17) is 19.4 Å². The number of morpholine rings is 1. The van der Waals surface area contributed by atoms with Crippen LogP contribution in [0, 0.1) is 5.82 Å². The first kappa shape index (κ1) is 20.7. The monoisotopic (exact) mass is 480 g/mol. The molecule has 8 nitrogen and oxygen atoms in total. The molecule has 3 aliphatic rings. The van der Waals surface area contributed by atoms with Gasteiger partial charge in [-0.2, -0.15) is 0 Å². The molecule has 34 heavy (non-hydrogen) atoms. The molecule has 176 valence electrons. The molecule has 0 aliphatic carbocycles. The number of piperazine rings is 1. The number of fused-ring (bicyclic) bond motifs is 4. The zero-order valence-electron chi connectivity index (χ0n) is 18.6. The number of benzene rings is 1. The molecule has 2 atom stereocenters. The second-order valence-corrected chi connectivity index (χ2v) is 10.3. The normalized spacial score (nSPS) is 23.4. The van der Waals surface area contributed by atoms with E-state index in [9.17, 15) is 0 Å². The first-order valence-corrected chi connectivity index (χ1v) is 12.5. The predicted molar refractivity (Wildman–Crippen MR) is 130 cm³/mol. The number of thiophene rings is 1. The number of nitrogens with one attached hydrogen (secondary N) is 2. The molecular weight excluding hydrogens is 455 g/mol. The number of anilines is 1. The largest absolute Gasteiger partial charge is 0.378 e. The Morgan fingerprint density at radius 1 is 1.15 bits per heavy atom. The summed E-state index contributed by atoms with van der Waals surface area (Å²) < 4.78 is 27.5. The van der Waals surface area contributed by atoms with E-state index >= 15 is 4.39 Å². The Bertz CT molecular complexity index is 1350. The molecule has 3 aromatic heterocycles. The van der Waals surface area contributed by atoms with Gasteiger partial charge in [0.1, 0.15) is 12.0 Å². The summed E-state index contributed by atoms with van der Waals surface area (Å²) in [6.07, 6.45) is 1.94. The van der Waals surface area contributed by atoms with Gasteiger partial charge in [0.05, 0.1) is 35.6 Å². The average molecular weight is 481 g/mol. The number of halogens is 1. The fraction of sp³-hybridized carbons (Fsp3) is 0.417. The molecular formula is C24H25FN6O2S. The maximum atomic E-state index is 15.1. The Balaban J connectivity index is 1.33. The fourth-order valence-electron chi connectivity index (χ4n) is 5.25. The number of aromatic amines is 1. The highest BCUT2D eigenvalue weighted by Crippen LogP contribution is 2.37. The minimum Gasteiger partial charge on any atom is -0.378 e. The molecule has 3 aliphatic heterocycles. The van der Waals surface area contributed by atoms with Crippen LogP contribution in [0.15, 0.2) is 30.5 Å². The summed E-state index contributed by atoms with van der Waals surface area (Å²) in [6.45, 7) is 6.30. The van der Waals surface area contributed by atoms with Crippen molar-refractivity contribution in [3.63, 3.8) is 0 Å². The van der Waals surface area contributed by atoms with Crippen molar-refractivity contribution in [2.45, 2.75) is 18.8 Å². The van der Waals surface area contributed by atoms with Crippen molar-refractivity contribution < 1.29 is 13.9 Å². The van der Waals surface area contributed by atoms with Gasteiger partial charge in [-0.3, -0.25) is 10.2 Å². The number of hydrogen-bond donors (Lipinski definition) is 2. The topological polar surface area (TPSA) is 78.5 Å². The molecule has 0 saturated carbocycles. The van der Waals surface area contributed by atoms with Crippen LogP contribution < -0.4 is 10.2 Å². The van der Waals surface area contributed by atoms with Gasteiger partial charge in [-0.25, -0.2) is 14.4 Å². The fourth-order valence-corrected chi connectivity index (χ4v) is 6.40.